The molecule has 1 atom stereocenters. The van der Waals surface area contributed by atoms with Crippen LogP contribution in [0.15, 0.2) is 33.5 Å². The zero-order chi connectivity index (χ0) is 14.8. The van der Waals surface area contributed by atoms with Gasteiger partial charge in [-0.2, -0.15) is 0 Å². The Balaban J connectivity index is 0.00000176. The average molecular weight is 387 g/mol. The third-order valence-corrected chi connectivity index (χ3v) is 4.18. The summed E-state index contributed by atoms with van der Waals surface area (Å²) >= 11 is 3.40. The summed E-state index contributed by atoms with van der Waals surface area (Å²) in [7, 11) is 0. The Morgan fingerprint density at radius 3 is 2.86 bits per heavy atom. The van der Waals surface area contributed by atoms with Crippen molar-refractivity contribution in [2.24, 2.45) is 0 Å². The molecule has 5 nitrogen and oxygen atoms in total. The van der Waals surface area contributed by atoms with Crippen LogP contribution >= 0.6 is 28.3 Å². The number of pyridine rings is 1. The minimum atomic E-state index is -0.267. The van der Waals surface area contributed by atoms with E-state index in [1.165, 1.54) is 6.07 Å². The summed E-state index contributed by atoms with van der Waals surface area (Å²) < 4.78 is 0.871. The summed E-state index contributed by atoms with van der Waals surface area (Å²) in [6, 6.07) is 6.96. The first kappa shape index (κ1) is 17.0. The maximum absolute atomic E-state index is 12.5. The van der Waals surface area contributed by atoms with Crippen LogP contribution in [0.1, 0.15) is 23.2 Å². The Kier molecular flexibility index (Phi) is 5.61. The van der Waals surface area contributed by atoms with Gasteiger partial charge in [0.05, 0.1) is 5.56 Å². The molecule has 2 aromatic rings. The Labute approximate surface area is 142 Å². The van der Waals surface area contributed by atoms with Crippen LogP contribution in [0.25, 0.3) is 10.9 Å². The molecule has 0 unspecified atom stereocenters. The Bertz CT molecular complexity index is 741. The molecule has 1 aliphatic rings. The third-order valence-electron chi connectivity index (χ3n) is 3.68. The van der Waals surface area contributed by atoms with Crippen LogP contribution in [0.2, 0.25) is 0 Å². The van der Waals surface area contributed by atoms with Crippen LogP contribution in [0.4, 0.5) is 0 Å². The van der Waals surface area contributed by atoms with Gasteiger partial charge in [0.25, 0.3) is 5.91 Å². The van der Waals surface area contributed by atoms with Crippen LogP contribution in [0.5, 0.6) is 0 Å². The summed E-state index contributed by atoms with van der Waals surface area (Å²) in [5.74, 6) is -0.196. The number of amides is 1. The number of H-pyrrole nitrogens is 1. The third kappa shape index (κ3) is 3.69. The number of piperidine rings is 1. The largest absolute Gasteiger partial charge is 0.348 e. The van der Waals surface area contributed by atoms with E-state index in [1.54, 1.807) is 6.07 Å². The van der Waals surface area contributed by atoms with Gasteiger partial charge in [0.2, 0.25) is 5.56 Å². The first-order chi connectivity index (χ1) is 10.1. The van der Waals surface area contributed by atoms with Crippen LogP contribution in [-0.2, 0) is 0 Å². The van der Waals surface area contributed by atoms with Gasteiger partial charge < -0.3 is 15.6 Å². The Hall–Kier alpha value is -1.37. The van der Waals surface area contributed by atoms with E-state index in [0.29, 0.717) is 11.1 Å². The highest BCUT2D eigenvalue weighted by Crippen LogP contribution is 2.20. The van der Waals surface area contributed by atoms with E-state index in [2.05, 4.69) is 31.5 Å². The van der Waals surface area contributed by atoms with E-state index in [0.717, 1.165) is 35.8 Å². The van der Waals surface area contributed by atoms with Gasteiger partial charge >= 0.3 is 0 Å². The number of aromatic amines is 1. The summed E-state index contributed by atoms with van der Waals surface area (Å²) in [5, 5.41) is 7.00. The van der Waals surface area contributed by atoms with Crippen molar-refractivity contribution in [2.75, 3.05) is 13.1 Å². The number of fused-ring (bicyclic) bond motifs is 1. The van der Waals surface area contributed by atoms with E-state index in [9.17, 15) is 9.59 Å². The van der Waals surface area contributed by atoms with E-state index >= 15 is 0 Å². The van der Waals surface area contributed by atoms with Gasteiger partial charge in [0.15, 0.2) is 0 Å². The van der Waals surface area contributed by atoms with E-state index in [-0.39, 0.29) is 29.9 Å². The van der Waals surface area contributed by atoms with E-state index in [1.807, 2.05) is 12.1 Å². The van der Waals surface area contributed by atoms with Crippen molar-refractivity contribution in [1.29, 1.82) is 0 Å². The second-order valence-corrected chi connectivity index (χ2v) is 6.17. The molecule has 0 radical (unpaired) electrons. The maximum atomic E-state index is 12.5. The minimum absolute atomic E-state index is 0. The molecule has 1 aromatic heterocycles. The average Bonchev–Trinajstić information content (AvgIpc) is 2.48. The van der Waals surface area contributed by atoms with Gasteiger partial charge in [-0.15, -0.1) is 12.4 Å². The van der Waals surface area contributed by atoms with Gasteiger partial charge in [-0.05, 0) is 37.6 Å². The van der Waals surface area contributed by atoms with E-state index in [4.69, 9.17) is 0 Å². The molecular formula is C15H17BrClN3O2. The fraction of sp³-hybridized carbons (Fsp3) is 0.333. The predicted octanol–water partition coefficient (Wildman–Crippen LogP) is 2.19. The monoisotopic (exact) mass is 385 g/mol. The van der Waals surface area contributed by atoms with Crippen LogP contribution in [-0.4, -0.2) is 30.0 Å². The quantitative estimate of drug-likeness (QED) is 0.741. The molecule has 1 fully saturated rings. The number of carbonyl (C=O) groups excluding carboxylic acids is 1. The molecule has 0 aliphatic carbocycles. The number of aromatic nitrogens is 1. The molecule has 1 aliphatic heterocycles. The van der Waals surface area contributed by atoms with Crippen molar-refractivity contribution in [1.82, 2.24) is 15.6 Å². The lowest BCUT2D eigenvalue weighted by molar-refractivity contribution is 0.0932. The molecule has 118 valence electrons. The normalized spacial score (nSPS) is 17.8. The van der Waals surface area contributed by atoms with Gasteiger partial charge in [0.1, 0.15) is 0 Å². The highest BCUT2D eigenvalue weighted by molar-refractivity contribution is 9.10. The van der Waals surface area contributed by atoms with Gasteiger partial charge in [-0.3, -0.25) is 9.59 Å². The van der Waals surface area contributed by atoms with Crippen LogP contribution < -0.4 is 16.2 Å². The zero-order valence-electron chi connectivity index (χ0n) is 11.8. The fourth-order valence-corrected chi connectivity index (χ4v) is 3.01. The zero-order valence-corrected chi connectivity index (χ0v) is 14.2. The number of halogens is 2. The van der Waals surface area contributed by atoms with Crippen molar-refractivity contribution in [3.05, 3.63) is 44.7 Å². The molecule has 0 bridgehead atoms. The van der Waals surface area contributed by atoms with Gasteiger partial charge in [-0.1, -0.05) is 15.9 Å². The molecule has 3 N–H and O–H groups in total. The lowest BCUT2D eigenvalue weighted by Crippen LogP contribution is -2.45. The fourth-order valence-electron chi connectivity index (χ4n) is 2.65. The van der Waals surface area contributed by atoms with Crippen molar-refractivity contribution in [3.8, 4) is 0 Å². The molecule has 0 saturated carbocycles. The number of hydrogen-bond donors (Lipinski definition) is 3. The van der Waals surface area contributed by atoms with E-state index < -0.39 is 0 Å². The minimum Gasteiger partial charge on any atom is -0.348 e. The van der Waals surface area contributed by atoms with Gasteiger partial charge in [0, 0.05) is 34.0 Å². The van der Waals surface area contributed by atoms with Crippen molar-refractivity contribution < 1.29 is 4.79 Å². The lowest BCUT2D eigenvalue weighted by atomic mass is 10.1. The maximum Gasteiger partial charge on any atom is 0.252 e. The molecule has 2 heterocycles. The molecule has 0 spiro atoms. The highest BCUT2D eigenvalue weighted by Gasteiger charge is 2.18. The number of nitrogens with one attached hydrogen (secondary N) is 3. The van der Waals surface area contributed by atoms with Crippen molar-refractivity contribution in [2.45, 2.75) is 18.9 Å². The smallest absolute Gasteiger partial charge is 0.252 e. The summed E-state index contributed by atoms with van der Waals surface area (Å²) in [6.45, 7) is 1.77. The predicted molar refractivity (Wildman–Crippen MR) is 92.9 cm³/mol. The standard InChI is InChI=1S/C15H16BrN3O2.ClH/c16-9-3-4-13-11(6-9)12(7-14(20)19-13)15(21)18-10-2-1-5-17-8-10;/h3-4,6-7,10,17H,1-2,5,8H2,(H,18,21)(H,19,20);1H/t10-;/m0./s1. The highest BCUT2D eigenvalue weighted by atomic mass is 79.9. The topological polar surface area (TPSA) is 74.0 Å². The summed E-state index contributed by atoms with van der Waals surface area (Å²) in [6.07, 6.45) is 2.01. The first-order valence-corrected chi connectivity index (χ1v) is 7.77. The molecule has 22 heavy (non-hydrogen) atoms. The van der Waals surface area contributed by atoms with Gasteiger partial charge in [-0.25, -0.2) is 0 Å². The second kappa shape index (κ2) is 7.26. The summed E-state index contributed by atoms with van der Waals surface area (Å²) in [4.78, 5) is 27.0. The number of carbonyl (C=O) groups is 1. The van der Waals surface area contributed by atoms with Crippen LogP contribution in [0.3, 0.4) is 0 Å². The Morgan fingerprint density at radius 1 is 1.32 bits per heavy atom. The lowest BCUT2D eigenvalue weighted by Gasteiger charge is -2.24. The molecule has 3 rings (SSSR count). The SMILES string of the molecule is Cl.O=C(N[C@H]1CCCNC1)c1cc(=O)[nH]c2ccc(Br)cc12. The number of hydrogen-bond acceptors (Lipinski definition) is 3. The Morgan fingerprint density at radius 2 is 2.14 bits per heavy atom. The number of rotatable bonds is 2. The van der Waals surface area contributed by atoms with Crippen LogP contribution in [0, 0.1) is 0 Å². The van der Waals surface area contributed by atoms with Crippen molar-refractivity contribution >= 4 is 45.1 Å². The molecule has 7 heteroatoms. The number of benzene rings is 1. The molecule has 1 aromatic carbocycles. The molecular weight excluding hydrogens is 370 g/mol. The second-order valence-electron chi connectivity index (χ2n) is 5.25. The summed E-state index contributed by atoms with van der Waals surface area (Å²) in [5.41, 5.74) is 0.815. The molecule has 1 amide bonds. The first-order valence-electron chi connectivity index (χ1n) is 6.97. The van der Waals surface area contributed by atoms with Crippen molar-refractivity contribution in [3.63, 3.8) is 0 Å². The molecule has 1 saturated heterocycles.